The van der Waals surface area contributed by atoms with Crippen molar-refractivity contribution in [1.29, 1.82) is 5.26 Å². The monoisotopic (exact) mass is 495 g/mol. The Kier molecular flexibility index (Phi) is 3.14. The van der Waals surface area contributed by atoms with E-state index < -0.39 is 96.4 Å². The summed E-state index contributed by atoms with van der Waals surface area (Å²) < 4.78 is 118. The maximum atomic E-state index is 14.3. The van der Waals surface area contributed by atoms with Gasteiger partial charge in [0.25, 0.3) is 0 Å². The molecule has 6 rings (SSSR count). The molecule has 0 atom stereocenters. The molecule has 1 aliphatic carbocycles. The Balaban J connectivity index is 1.58. The summed E-state index contributed by atoms with van der Waals surface area (Å²) in [5.74, 6) is -0.575. The number of piperidine rings is 1. The molecule has 1 N–H and O–H groups in total. The van der Waals surface area contributed by atoms with Crippen molar-refractivity contribution in [3.8, 4) is 6.07 Å². The van der Waals surface area contributed by atoms with Crippen molar-refractivity contribution in [2.24, 2.45) is 0 Å². The number of aryl methyl sites for hydroxylation is 1. The minimum atomic E-state index is -2.69. The average Bonchev–Trinajstić information content (AvgIpc) is 3.38. The summed E-state index contributed by atoms with van der Waals surface area (Å²) in [5.41, 5.74) is -1.12. The van der Waals surface area contributed by atoms with Gasteiger partial charge in [-0.3, -0.25) is 9.69 Å². The number of nitrogens with one attached hydrogen (secondary N) is 1. The van der Waals surface area contributed by atoms with E-state index in [1.165, 1.54) is 24.3 Å². The normalized spacial score (nSPS) is 31.5. The average molecular weight is 496 g/mol. The molecule has 3 heterocycles. The molecular formula is C30H34N4O2. The van der Waals surface area contributed by atoms with Crippen molar-refractivity contribution in [2.45, 2.75) is 51.4 Å². The number of ether oxygens (including phenoxy) is 1. The van der Waals surface area contributed by atoms with Gasteiger partial charge in [0.15, 0.2) is 5.78 Å². The van der Waals surface area contributed by atoms with Crippen LogP contribution in [0, 0.1) is 11.3 Å². The smallest absolute Gasteiger partial charge is 0.195 e. The largest absolute Gasteiger partial charge is 0.379 e. The minimum absolute atomic E-state index is 0.0703. The number of hydrogen-bond acceptors (Lipinski definition) is 5. The second kappa shape index (κ2) is 8.76. The molecule has 2 aromatic carbocycles. The van der Waals surface area contributed by atoms with Gasteiger partial charge >= 0.3 is 0 Å². The number of nitriles is 1. The fourth-order valence-corrected chi connectivity index (χ4v) is 5.10. The van der Waals surface area contributed by atoms with Gasteiger partial charge in [-0.15, -0.1) is 0 Å². The van der Waals surface area contributed by atoms with Gasteiger partial charge < -0.3 is 14.6 Å². The highest BCUT2D eigenvalue weighted by Gasteiger charge is 2.40. The molecule has 0 spiro atoms. The van der Waals surface area contributed by atoms with E-state index in [1.807, 2.05) is 6.07 Å². The fourth-order valence-electron chi connectivity index (χ4n) is 5.10. The molecular weight excluding hydrogens is 448 g/mol. The molecule has 0 amide bonds. The molecule has 2 fully saturated rings. The number of fused-ring (bicyclic) bond motifs is 4. The van der Waals surface area contributed by atoms with Gasteiger partial charge in [-0.25, -0.2) is 0 Å². The van der Waals surface area contributed by atoms with Crippen LogP contribution in [0.15, 0.2) is 30.3 Å². The number of carbonyl (C=O) groups is 1. The Hall–Kier alpha value is -3.14. The number of hydrogen-bond donors (Lipinski definition) is 1. The summed E-state index contributed by atoms with van der Waals surface area (Å²) in [6.45, 7) is -13.0. The number of nitrogens with zero attached hydrogens (tertiary/aromatic N) is 3. The molecule has 0 saturated carbocycles. The molecule has 6 nitrogen and oxygen atoms in total. The van der Waals surface area contributed by atoms with Crippen LogP contribution in [0.5, 0.6) is 0 Å². The van der Waals surface area contributed by atoms with Crippen LogP contribution in [0.3, 0.4) is 0 Å². The SMILES string of the molecule is [2H]CC([2H])([2H])c1cc2c(cc1N1C([2H])([2H])CC(N3C([2H])([2H])COCC3([2H])[2H])CC1([2H])[2H])C(C[2H])(C[2H])c1[nH]c3cc(C#N)ccc3c1C2=O. The lowest BCUT2D eigenvalue weighted by molar-refractivity contribution is 0.0115. The number of H-pyrrole nitrogens is 1. The van der Waals surface area contributed by atoms with E-state index in [0.717, 1.165) is 4.90 Å². The van der Waals surface area contributed by atoms with E-state index in [0.29, 0.717) is 21.4 Å². The zero-order valence-corrected chi connectivity index (χ0v) is 19.6. The molecule has 186 valence electrons. The van der Waals surface area contributed by atoms with Gasteiger partial charge in [-0.2, -0.15) is 5.26 Å². The molecule has 2 saturated heterocycles. The number of ketones is 1. The number of carbonyl (C=O) groups excluding carboxylic acids is 1. The van der Waals surface area contributed by atoms with Gasteiger partial charge in [0.1, 0.15) is 0 Å². The lowest BCUT2D eigenvalue weighted by Crippen LogP contribution is -2.49. The second-order valence-electron chi connectivity index (χ2n) is 9.14. The maximum absolute atomic E-state index is 14.3. The molecule has 3 aromatic rings. The molecule has 2 aliphatic heterocycles. The molecule has 0 bridgehead atoms. The summed E-state index contributed by atoms with van der Waals surface area (Å²) in [7, 11) is 0. The molecule has 0 radical (unpaired) electrons. The van der Waals surface area contributed by atoms with Crippen LogP contribution in [0.2, 0.25) is 0 Å². The van der Waals surface area contributed by atoms with Crippen LogP contribution in [0.4, 0.5) is 5.69 Å². The van der Waals surface area contributed by atoms with Crippen LogP contribution in [0.25, 0.3) is 10.9 Å². The predicted octanol–water partition coefficient (Wildman–Crippen LogP) is 4.77. The third-order valence-corrected chi connectivity index (χ3v) is 6.97. The van der Waals surface area contributed by atoms with Gasteiger partial charge in [0.2, 0.25) is 0 Å². The first-order valence-corrected chi connectivity index (χ1v) is 11.6. The third kappa shape index (κ3) is 3.56. The van der Waals surface area contributed by atoms with Crippen LogP contribution in [0.1, 0.15) is 89.7 Å². The van der Waals surface area contributed by atoms with E-state index >= 15 is 0 Å². The lowest BCUT2D eigenvalue weighted by atomic mass is 9.70. The first kappa shape index (κ1) is 12.9. The number of rotatable bonds is 3. The highest BCUT2D eigenvalue weighted by molar-refractivity contribution is 6.20. The summed E-state index contributed by atoms with van der Waals surface area (Å²) in [4.78, 5) is 18.9. The predicted molar refractivity (Wildman–Crippen MR) is 142 cm³/mol. The Bertz CT molecular complexity index is 1850. The van der Waals surface area contributed by atoms with Crippen LogP contribution in [-0.4, -0.2) is 60.9 Å². The van der Waals surface area contributed by atoms with Gasteiger partial charge in [0, 0.05) is 83.1 Å². The molecule has 1 aromatic heterocycles. The second-order valence-corrected chi connectivity index (χ2v) is 9.14. The van der Waals surface area contributed by atoms with Crippen LogP contribution in [-0.2, 0) is 16.5 Å². The van der Waals surface area contributed by atoms with Crippen LogP contribution >= 0.6 is 0 Å². The van der Waals surface area contributed by atoms with E-state index in [2.05, 4.69) is 4.98 Å². The number of aromatic amines is 1. The summed E-state index contributed by atoms with van der Waals surface area (Å²) >= 11 is 0. The van der Waals surface area contributed by atoms with Crippen molar-refractivity contribution in [1.82, 2.24) is 9.88 Å². The number of morpholine rings is 1. The molecule has 3 aliphatic rings. The zero-order chi connectivity index (χ0) is 36.1. The summed E-state index contributed by atoms with van der Waals surface area (Å²) in [6.07, 6.45) is -3.72. The Morgan fingerprint density at radius 3 is 2.75 bits per heavy atom. The van der Waals surface area contributed by atoms with E-state index in [1.54, 1.807) is 6.07 Å². The standard InChI is InChI=1S/C30H34N4O2/c1-4-20-16-23-24(17-26(20)34-9-7-21(8-10-34)33-11-13-36-14-12-33)30(2,3)29-27(28(23)35)22-6-5-19(18-31)15-25(22)32-29/h5-6,15-17,21,32H,4,7-14H2,1-3H3/i1D,2D,3D,4D2,9D2,10D2,11D2,12D2. The number of benzene rings is 2. The van der Waals surface area contributed by atoms with Crippen LogP contribution < -0.4 is 4.90 Å². The minimum Gasteiger partial charge on any atom is -0.379 e. The first-order valence-electron chi connectivity index (χ1n) is 18.7. The van der Waals surface area contributed by atoms with Gasteiger partial charge in [-0.05, 0) is 54.6 Å². The topological polar surface area (TPSA) is 72.4 Å². The Labute approximate surface area is 231 Å². The highest BCUT2D eigenvalue weighted by Crippen LogP contribution is 2.46. The molecule has 0 unspecified atom stereocenters. The highest BCUT2D eigenvalue weighted by atomic mass is 16.5. The summed E-state index contributed by atoms with van der Waals surface area (Å²) in [5, 5.41) is 9.88. The number of anilines is 1. The zero-order valence-electron chi connectivity index (χ0n) is 32.6. The Morgan fingerprint density at radius 1 is 1.22 bits per heavy atom. The quantitative estimate of drug-likeness (QED) is 0.567. The van der Waals surface area contributed by atoms with Crippen molar-refractivity contribution in [3.63, 3.8) is 0 Å². The molecule has 36 heavy (non-hydrogen) atoms. The maximum Gasteiger partial charge on any atom is 0.195 e. The lowest BCUT2D eigenvalue weighted by Gasteiger charge is -2.42. The van der Waals surface area contributed by atoms with E-state index in [4.69, 9.17) is 22.6 Å². The molecule has 6 heteroatoms. The summed E-state index contributed by atoms with van der Waals surface area (Å²) in [6, 6.07) is 7.80. The van der Waals surface area contributed by atoms with Gasteiger partial charge in [-0.1, -0.05) is 26.8 Å². The Morgan fingerprint density at radius 2 is 2.03 bits per heavy atom. The van der Waals surface area contributed by atoms with Crippen molar-refractivity contribution < 1.29 is 27.4 Å². The van der Waals surface area contributed by atoms with Gasteiger partial charge in [0.05, 0.1) is 30.4 Å². The van der Waals surface area contributed by atoms with Crippen molar-refractivity contribution in [3.05, 3.63) is 63.8 Å². The van der Waals surface area contributed by atoms with E-state index in [9.17, 15) is 10.1 Å². The number of aromatic nitrogens is 1. The van der Waals surface area contributed by atoms with Crippen molar-refractivity contribution in [2.75, 3.05) is 44.1 Å². The third-order valence-electron chi connectivity index (χ3n) is 6.97. The van der Waals surface area contributed by atoms with Crippen molar-refractivity contribution >= 4 is 22.4 Å². The fraction of sp³-hybridized carbons (Fsp3) is 0.467. The first-order chi connectivity index (χ1) is 22.7. The van der Waals surface area contributed by atoms with E-state index in [-0.39, 0.29) is 33.6 Å².